The Kier molecular flexibility index (Phi) is 3.49. The quantitative estimate of drug-likeness (QED) is 0.824. The predicted molar refractivity (Wildman–Crippen MR) is 53.7 cm³/mol. The molecule has 0 fully saturated rings. The average molecular weight is 270 g/mol. The standard InChI is InChI=1S/C8H6ClF2NO3S/c1-16(14,15)12-8(13)4-2-3-5(10)6(9)7(4)11/h2-3H,1H3,(H,12,13). The van der Waals surface area contributed by atoms with Crippen LogP contribution in [0.4, 0.5) is 8.78 Å². The molecule has 0 atom stereocenters. The van der Waals surface area contributed by atoms with E-state index in [4.69, 9.17) is 11.6 Å². The second-order valence-corrected chi connectivity index (χ2v) is 5.05. The Bertz CT molecular complexity index is 544. The Labute approximate surface area is 95.3 Å². The first kappa shape index (κ1) is 12.9. The van der Waals surface area contributed by atoms with E-state index in [-0.39, 0.29) is 0 Å². The first-order chi connectivity index (χ1) is 7.22. The van der Waals surface area contributed by atoms with Crippen molar-refractivity contribution in [3.8, 4) is 0 Å². The van der Waals surface area contributed by atoms with E-state index in [1.165, 1.54) is 4.72 Å². The molecule has 0 saturated heterocycles. The highest BCUT2D eigenvalue weighted by Gasteiger charge is 2.19. The maximum absolute atomic E-state index is 13.3. The van der Waals surface area contributed by atoms with Gasteiger partial charge in [-0.05, 0) is 12.1 Å². The van der Waals surface area contributed by atoms with Crippen LogP contribution < -0.4 is 4.72 Å². The van der Waals surface area contributed by atoms with Crippen LogP contribution in [-0.2, 0) is 10.0 Å². The summed E-state index contributed by atoms with van der Waals surface area (Å²) in [6.45, 7) is 0. The summed E-state index contributed by atoms with van der Waals surface area (Å²) in [5.74, 6) is -3.54. The highest BCUT2D eigenvalue weighted by molar-refractivity contribution is 7.89. The van der Waals surface area contributed by atoms with E-state index in [0.29, 0.717) is 0 Å². The molecule has 0 unspecified atom stereocenters. The van der Waals surface area contributed by atoms with Gasteiger partial charge in [-0.15, -0.1) is 0 Å². The summed E-state index contributed by atoms with van der Waals surface area (Å²) in [5.41, 5.74) is -0.642. The third-order valence-electron chi connectivity index (χ3n) is 1.56. The Balaban J connectivity index is 3.16. The van der Waals surface area contributed by atoms with Crippen molar-refractivity contribution >= 4 is 27.5 Å². The van der Waals surface area contributed by atoms with E-state index in [1.807, 2.05) is 0 Å². The van der Waals surface area contributed by atoms with Gasteiger partial charge < -0.3 is 0 Å². The van der Waals surface area contributed by atoms with Crippen molar-refractivity contribution in [2.75, 3.05) is 6.26 Å². The number of hydrogen-bond donors (Lipinski definition) is 1. The van der Waals surface area contributed by atoms with Crippen LogP contribution in [0.1, 0.15) is 10.4 Å². The zero-order chi connectivity index (χ0) is 12.5. The van der Waals surface area contributed by atoms with Gasteiger partial charge in [-0.3, -0.25) is 4.79 Å². The number of rotatable bonds is 2. The van der Waals surface area contributed by atoms with Gasteiger partial charge in [-0.2, -0.15) is 0 Å². The largest absolute Gasteiger partial charge is 0.268 e. The molecule has 0 heterocycles. The van der Waals surface area contributed by atoms with E-state index in [1.54, 1.807) is 0 Å². The number of nitrogens with one attached hydrogen (secondary N) is 1. The van der Waals surface area contributed by atoms with Crippen LogP contribution in [0.25, 0.3) is 0 Å². The second-order valence-electron chi connectivity index (χ2n) is 2.93. The minimum atomic E-state index is -3.81. The molecule has 0 spiro atoms. The molecule has 0 aliphatic rings. The average Bonchev–Trinajstić information content (AvgIpc) is 2.11. The lowest BCUT2D eigenvalue weighted by atomic mass is 10.2. The highest BCUT2D eigenvalue weighted by atomic mass is 35.5. The number of halogens is 3. The zero-order valence-corrected chi connectivity index (χ0v) is 9.49. The van der Waals surface area contributed by atoms with E-state index in [0.717, 1.165) is 18.4 Å². The highest BCUT2D eigenvalue weighted by Crippen LogP contribution is 2.21. The first-order valence-corrected chi connectivity index (χ1v) is 6.15. The number of benzene rings is 1. The summed E-state index contributed by atoms with van der Waals surface area (Å²) in [4.78, 5) is 11.2. The number of carbonyl (C=O) groups excluding carboxylic acids is 1. The molecule has 0 aliphatic heterocycles. The lowest BCUT2D eigenvalue weighted by Crippen LogP contribution is -2.30. The van der Waals surface area contributed by atoms with Crippen molar-refractivity contribution < 1.29 is 22.0 Å². The van der Waals surface area contributed by atoms with Crippen LogP contribution in [0, 0.1) is 11.6 Å². The monoisotopic (exact) mass is 269 g/mol. The molecule has 1 rings (SSSR count). The fourth-order valence-corrected chi connectivity index (χ4v) is 1.54. The fourth-order valence-electron chi connectivity index (χ4n) is 0.925. The first-order valence-electron chi connectivity index (χ1n) is 3.88. The Morgan fingerprint density at radius 2 is 1.94 bits per heavy atom. The molecule has 0 radical (unpaired) electrons. The van der Waals surface area contributed by atoms with Crippen molar-refractivity contribution in [1.29, 1.82) is 0 Å². The van der Waals surface area contributed by atoms with Gasteiger partial charge >= 0.3 is 0 Å². The number of carbonyl (C=O) groups is 1. The lowest BCUT2D eigenvalue weighted by Gasteiger charge is -2.05. The van der Waals surface area contributed by atoms with Crippen molar-refractivity contribution in [1.82, 2.24) is 4.72 Å². The number of amides is 1. The van der Waals surface area contributed by atoms with Crippen molar-refractivity contribution in [3.05, 3.63) is 34.4 Å². The molecule has 0 aliphatic carbocycles. The molecule has 1 amide bonds. The molecule has 1 aromatic rings. The van der Waals surface area contributed by atoms with Crippen LogP contribution in [-0.4, -0.2) is 20.6 Å². The van der Waals surface area contributed by atoms with E-state index < -0.39 is 38.2 Å². The van der Waals surface area contributed by atoms with Gasteiger partial charge in [0, 0.05) is 0 Å². The summed E-state index contributed by atoms with van der Waals surface area (Å²) < 4.78 is 49.0. The molecule has 1 N–H and O–H groups in total. The van der Waals surface area contributed by atoms with Gasteiger partial charge in [0.1, 0.15) is 10.8 Å². The summed E-state index contributed by atoms with van der Waals surface area (Å²) in [5, 5.41) is -0.860. The van der Waals surface area contributed by atoms with Crippen LogP contribution in [0.5, 0.6) is 0 Å². The summed E-state index contributed by atoms with van der Waals surface area (Å²) >= 11 is 5.22. The normalized spacial score (nSPS) is 11.2. The fraction of sp³-hybridized carbons (Fsp3) is 0.125. The number of sulfonamides is 1. The predicted octanol–water partition coefficient (Wildman–Crippen LogP) is 1.31. The van der Waals surface area contributed by atoms with Gasteiger partial charge in [0.25, 0.3) is 5.91 Å². The Morgan fingerprint density at radius 1 is 1.38 bits per heavy atom. The third-order valence-corrected chi connectivity index (χ3v) is 2.46. The third kappa shape index (κ3) is 2.89. The number of hydrogen-bond acceptors (Lipinski definition) is 3. The topological polar surface area (TPSA) is 63.2 Å². The van der Waals surface area contributed by atoms with Crippen LogP contribution in [0.2, 0.25) is 5.02 Å². The molecule has 0 saturated carbocycles. The molecule has 1 aromatic carbocycles. The molecule has 88 valence electrons. The van der Waals surface area contributed by atoms with E-state index in [2.05, 4.69) is 0 Å². The van der Waals surface area contributed by atoms with Gasteiger partial charge in [0.15, 0.2) is 5.82 Å². The lowest BCUT2D eigenvalue weighted by molar-refractivity contribution is 0.0977. The molecule has 8 heteroatoms. The maximum atomic E-state index is 13.3. The zero-order valence-electron chi connectivity index (χ0n) is 7.92. The van der Waals surface area contributed by atoms with E-state index in [9.17, 15) is 22.0 Å². The van der Waals surface area contributed by atoms with Crippen LogP contribution in [0.3, 0.4) is 0 Å². The molecule has 0 aromatic heterocycles. The van der Waals surface area contributed by atoms with Crippen molar-refractivity contribution in [2.24, 2.45) is 0 Å². The second kappa shape index (κ2) is 4.34. The Morgan fingerprint density at radius 3 is 2.44 bits per heavy atom. The van der Waals surface area contributed by atoms with Crippen molar-refractivity contribution in [3.63, 3.8) is 0 Å². The van der Waals surface area contributed by atoms with Gasteiger partial charge in [-0.25, -0.2) is 21.9 Å². The molecule has 4 nitrogen and oxygen atoms in total. The van der Waals surface area contributed by atoms with E-state index >= 15 is 0 Å². The van der Waals surface area contributed by atoms with Crippen LogP contribution in [0.15, 0.2) is 12.1 Å². The van der Waals surface area contributed by atoms with Crippen molar-refractivity contribution in [2.45, 2.75) is 0 Å². The van der Waals surface area contributed by atoms with Gasteiger partial charge in [-0.1, -0.05) is 11.6 Å². The summed E-state index contributed by atoms with van der Waals surface area (Å²) in [6, 6.07) is 1.57. The molecule has 16 heavy (non-hydrogen) atoms. The minimum Gasteiger partial charge on any atom is -0.268 e. The molecular weight excluding hydrogens is 264 g/mol. The molecule has 0 bridgehead atoms. The SMILES string of the molecule is CS(=O)(=O)NC(=O)c1ccc(F)c(Cl)c1F. The summed E-state index contributed by atoms with van der Waals surface area (Å²) in [6.07, 6.45) is 0.730. The van der Waals surface area contributed by atoms with Gasteiger partial charge in [0.2, 0.25) is 10.0 Å². The minimum absolute atomic E-state index is 0.642. The maximum Gasteiger partial charge on any atom is 0.267 e. The smallest absolute Gasteiger partial charge is 0.267 e. The summed E-state index contributed by atoms with van der Waals surface area (Å²) in [7, 11) is -3.81. The molecular formula is C8H6ClF2NO3S. The Hall–Kier alpha value is -1.21. The van der Waals surface area contributed by atoms with Crippen LogP contribution >= 0.6 is 11.6 Å². The van der Waals surface area contributed by atoms with Gasteiger partial charge in [0.05, 0.1) is 11.8 Å².